The highest BCUT2D eigenvalue weighted by Crippen LogP contribution is 2.14. The van der Waals surface area contributed by atoms with Crippen LogP contribution in [0.4, 0.5) is 0 Å². The summed E-state index contributed by atoms with van der Waals surface area (Å²) < 4.78 is 5.60. The maximum atomic E-state index is 12.1. The van der Waals surface area contributed by atoms with Crippen molar-refractivity contribution in [2.24, 2.45) is 0 Å². The molecule has 0 radical (unpaired) electrons. The summed E-state index contributed by atoms with van der Waals surface area (Å²) in [5, 5.41) is 11.8. The molecule has 1 aliphatic rings. The van der Waals surface area contributed by atoms with Gasteiger partial charge in [-0.3, -0.25) is 9.69 Å². The number of carbonyl (C=O) groups excluding carboxylic acids is 1. The van der Waals surface area contributed by atoms with Crippen LogP contribution >= 0.6 is 11.8 Å². The molecular weight excluding hydrogens is 382 g/mol. The van der Waals surface area contributed by atoms with Gasteiger partial charge in [0, 0.05) is 31.9 Å². The lowest BCUT2D eigenvalue weighted by molar-refractivity contribution is -0.118. The molecule has 0 aliphatic carbocycles. The lowest BCUT2D eigenvalue weighted by Crippen LogP contribution is -2.40. The minimum atomic E-state index is 0.0380. The molecule has 5 nitrogen and oxygen atoms in total. The predicted octanol–water partition coefficient (Wildman–Crippen LogP) is 3.33. The Morgan fingerprint density at radius 3 is 2.79 bits per heavy atom. The molecule has 3 rings (SSSR count). The quantitative estimate of drug-likeness (QED) is 0.724. The van der Waals surface area contributed by atoms with Crippen LogP contribution in [0.3, 0.4) is 0 Å². The van der Waals surface area contributed by atoms with Crippen LogP contribution in [0.25, 0.3) is 0 Å². The normalized spacial score (nSPS) is 16.9. The molecule has 1 unspecified atom stereocenters. The van der Waals surface area contributed by atoms with E-state index in [-0.39, 0.29) is 12.0 Å². The van der Waals surface area contributed by atoms with Gasteiger partial charge in [0.1, 0.15) is 0 Å². The van der Waals surface area contributed by atoms with Crippen molar-refractivity contribution in [3.63, 3.8) is 0 Å². The van der Waals surface area contributed by atoms with E-state index in [2.05, 4.69) is 47.5 Å². The van der Waals surface area contributed by atoms with Crippen LogP contribution in [-0.4, -0.2) is 42.4 Å². The standard InChI is InChI=1S/C23H27N3O2S/c1-18-14-26(9-10-28-18)15-22-4-2-3-21(11-22)13-25-23(27)17-29-16-20-7-5-19(12-24)6-8-20/h2-8,11,18H,9-10,13-17H2,1H3,(H,25,27). The maximum absolute atomic E-state index is 12.1. The smallest absolute Gasteiger partial charge is 0.230 e. The van der Waals surface area contributed by atoms with Crippen molar-refractivity contribution in [2.45, 2.75) is 31.9 Å². The molecule has 1 amide bonds. The van der Waals surface area contributed by atoms with E-state index in [0.717, 1.165) is 43.1 Å². The third-order valence-corrected chi connectivity index (χ3v) is 5.80. The lowest BCUT2D eigenvalue weighted by Gasteiger charge is -2.31. The predicted molar refractivity (Wildman–Crippen MR) is 116 cm³/mol. The van der Waals surface area contributed by atoms with Crippen molar-refractivity contribution in [1.29, 1.82) is 5.26 Å². The highest BCUT2D eigenvalue weighted by Gasteiger charge is 2.16. The van der Waals surface area contributed by atoms with Crippen molar-refractivity contribution < 1.29 is 9.53 Å². The minimum Gasteiger partial charge on any atom is -0.376 e. The Labute approximate surface area is 177 Å². The van der Waals surface area contributed by atoms with E-state index >= 15 is 0 Å². The second kappa shape index (κ2) is 11.0. The van der Waals surface area contributed by atoms with Gasteiger partial charge < -0.3 is 10.1 Å². The van der Waals surface area contributed by atoms with Gasteiger partial charge in [0.25, 0.3) is 0 Å². The average Bonchev–Trinajstić information content (AvgIpc) is 2.73. The Balaban J connectivity index is 1.39. The molecule has 2 aromatic rings. The van der Waals surface area contributed by atoms with E-state index in [9.17, 15) is 4.79 Å². The van der Waals surface area contributed by atoms with Gasteiger partial charge in [-0.25, -0.2) is 0 Å². The Bertz CT molecular complexity index is 848. The third kappa shape index (κ3) is 7.21. The molecule has 1 fully saturated rings. The summed E-state index contributed by atoms with van der Waals surface area (Å²) in [6.07, 6.45) is 0.285. The molecule has 1 aliphatic heterocycles. The maximum Gasteiger partial charge on any atom is 0.230 e. The average molecular weight is 410 g/mol. The number of hydrogen-bond acceptors (Lipinski definition) is 5. The van der Waals surface area contributed by atoms with Crippen molar-refractivity contribution in [3.05, 3.63) is 70.8 Å². The zero-order valence-electron chi connectivity index (χ0n) is 16.8. The van der Waals surface area contributed by atoms with E-state index < -0.39 is 0 Å². The fourth-order valence-corrected chi connectivity index (χ4v) is 4.14. The van der Waals surface area contributed by atoms with Crippen LogP contribution in [0.1, 0.15) is 29.2 Å². The van der Waals surface area contributed by atoms with E-state index in [1.54, 1.807) is 23.9 Å². The van der Waals surface area contributed by atoms with Gasteiger partial charge in [0.2, 0.25) is 5.91 Å². The lowest BCUT2D eigenvalue weighted by atomic mass is 10.1. The summed E-state index contributed by atoms with van der Waals surface area (Å²) in [6.45, 7) is 6.27. The van der Waals surface area contributed by atoms with Crippen LogP contribution in [-0.2, 0) is 28.4 Å². The number of nitriles is 1. The van der Waals surface area contributed by atoms with Gasteiger partial charge in [-0.05, 0) is 35.7 Å². The molecule has 29 heavy (non-hydrogen) atoms. The molecule has 1 heterocycles. The van der Waals surface area contributed by atoms with Gasteiger partial charge in [0.05, 0.1) is 30.1 Å². The van der Waals surface area contributed by atoms with Crippen molar-refractivity contribution in [3.8, 4) is 6.07 Å². The molecule has 0 bridgehead atoms. The summed E-state index contributed by atoms with van der Waals surface area (Å²) in [5.41, 5.74) is 4.16. The summed E-state index contributed by atoms with van der Waals surface area (Å²) in [7, 11) is 0. The van der Waals surface area contributed by atoms with E-state index in [1.165, 1.54) is 5.56 Å². The van der Waals surface area contributed by atoms with Crippen LogP contribution in [0.5, 0.6) is 0 Å². The second-order valence-corrected chi connectivity index (χ2v) is 8.30. The molecule has 1 atom stereocenters. The number of ether oxygens (including phenoxy) is 1. The molecule has 0 saturated carbocycles. The van der Waals surface area contributed by atoms with E-state index in [1.807, 2.05) is 12.1 Å². The Kier molecular flexibility index (Phi) is 8.12. The van der Waals surface area contributed by atoms with Crippen molar-refractivity contribution in [2.75, 3.05) is 25.4 Å². The third-order valence-electron chi connectivity index (χ3n) is 4.80. The SMILES string of the molecule is CC1CN(Cc2cccc(CNC(=O)CSCc3ccc(C#N)cc3)c2)CCO1. The fraction of sp³-hybridized carbons (Fsp3) is 0.391. The monoisotopic (exact) mass is 409 g/mol. The van der Waals surface area contributed by atoms with Gasteiger partial charge in [-0.1, -0.05) is 36.4 Å². The summed E-state index contributed by atoms with van der Waals surface area (Å²) in [4.78, 5) is 14.6. The number of nitrogens with zero attached hydrogens (tertiary/aromatic N) is 2. The summed E-state index contributed by atoms with van der Waals surface area (Å²) >= 11 is 1.58. The number of nitrogens with one attached hydrogen (secondary N) is 1. The van der Waals surface area contributed by atoms with Gasteiger partial charge >= 0.3 is 0 Å². The largest absolute Gasteiger partial charge is 0.376 e. The summed E-state index contributed by atoms with van der Waals surface area (Å²) in [6, 6.07) is 18.0. The molecule has 152 valence electrons. The first-order valence-corrected chi connectivity index (χ1v) is 11.0. The summed E-state index contributed by atoms with van der Waals surface area (Å²) in [5.74, 6) is 1.22. The second-order valence-electron chi connectivity index (χ2n) is 7.31. The van der Waals surface area contributed by atoms with Crippen molar-refractivity contribution >= 4 is 17.7 Å². The first kappa shape index (κ1) is 21.4. The molecule has 0 spiro atoms. The van der Waals surface area contributed by atoms with Gasteiger partial charge in [0.15, 0.2) is 0 Å². The Morgan fingerprint density at radius 1 is 1.24 bits per heavy atom. The fourth-order valence-electron chi connectivity index (χ4n) is 3.32. The molecule has 0 aromatic heterocycles. The van der Waals surface area contributed by atoms with Crippen molar-refractivity contribution in [1.82, 2.24) is 10.2 Å². The number of thioether (sulfide) groups is 1. The van der Waals surface area contributed by atoms with Crippen LogP contribution in [0, 0.1) is 11.3 Å². The number of benzene rings is 2. The number of carbonyl (C=O) groups is 1. The van der Waals surface area contributed by atoms with Crippen LogP contribution in [0.2, 0.25) is 0 Å². The first-order chi connectivity index (χ1) is 14.1. The molecule has 1 saturated heterocycles. The number of hydrogen-bond donors (Lipinski definition) is 1. The molecule has 1 N–H and O–H groups in total. The van der Waals surface area contributed by atoms with Gasteiger partial charge in [-0.2, -0.15) is 5.26 Å². The minimum absolute atomic E-state index is 0.0380. The molecule has 6 heteroatoms. The number of amides is 1. The van der Waals surface area contributed by atoms with Crippen LogP contribution in [0.15, 0.2) is 48.5 Å². The highest BCUT2D eigenvalue weighted by molar-refractivity contribution is 7.99. The number of rotatable bonds is 8. The number of morpholine rings is 1. The zero-order valence-corrected chi connectivity index (χ0v) is 17.6. The molecular formula is C23H27N3O2S. The highest BCUT2D eigenvalue weighted by atomic mass is 32.2. The first-order valence-electron chi connectivity index (χ1n) is 9.87. The van der Waals surface area contributed by atoms with E-state index in [0.29, 0.717) is 17.9 Å². The topological polar surface area (TPSA) is 65.4 Å². The molecule has 2 aromatic carbocycles. The Hall–Kier alpha value is -2.33. The Morgan fingerprint density at radius 2 is 2.03 bits per heavy atom. The zero-order chi connectivity index (χ0) is 20.5. The van der Waals surface area contributed by atoms with E-state index in [4.69, 9.17) is 10.00 Å². The van der Waals surface area contributed by atoms with Gasteiger partial charge in [-0.15, -0.1) is 11.8 Å². The van der Waals surface area contributed by atoms with Crippen LogP contribution < -0.4 is 5.32 Å².